The normalized spacial score (nSPS) is 10.9. The number of anilines is 1. The minimum absolute atomic E-state index is 0.297. The molecule has 0 amide bonds. The molecule has 0 saturated heterocycles. The third kappa shape index (κ3) is 2.28. The van der Waals surface area contributed by atoms with E-state index >= 15 is 0 Å². The first-order valence-corrected chi connectivity index (χ1v) is 3.94. The Bertz CT molecular complexity index is 228. The Balaban J connectivity index is 2.73. The Hall–Kier alpha value is -0.400. The van der Waals surface area contributed by atoms with Crippen LogP contribution in [0.5, 0.6) is 0 Å². The monoisotopic (exact) mass is 273 g/mol. The van der Waals surface area contributed by atoms with Crippen LogP contribution in [0.1, 0.15) is 0 Å². The zero-order valence-corrected chi connectivity index (χ0v) is 7.62. The number of hydrogen-bond acceptors (Lipinski definition) is 2. The van der Waals surface area contributed by atoms with Gasteiger partial charge in [-0.25, -0.2) is 8.78 Å². The molecule has 62 valence electrons. The zero-order valence-electron chi connectivity index (χ0n) is 5.47. The number of alkyl halides is 2. The molecule has 0 bridgehead atoms. The third-order valence-corrected chi connectivity index (χ3v) is 1.90. The van der Waals surface area contributed by atoms with E-state index in [9.17, 15) is 8.78 Å². The molecule has 11 heavy (non-hydrogen) atoms. The van der Waals surface area contributed by atoms with E-state index in [2.05, 4.69) is 5.10 Å². The predicted molar refractivity (Wildman–Crippen MR) is 45.4 cm³/mol. The molecule has 2 N–H and O–H groups in total. The topological polar surface area (TPSA) is 43.8 Å². The molecule has 0 unspecified atom stereocenters. The average Bonchev–Trinajstić information content (AvgIpc) is 2.10. The maximum absolute atomic E-state index is 11.8. The number of nitrogens with two attached hydrogens (primary N) is 1. The molecular weight excluding hydrogens is 267 g/mol. The van der Waals surface area contributed by atoms with Gasteiger partial charge in [0.25, 0.3) is 6.43 Å². The van der Waals surface area contributed by atoms with Gasteiger partial charge in [-0.2, -0.15) is 5.10 Å². The molecular formula is C5H6F2IN3. The van der Waals surface area contributed by atoms with Crippen LogP contribution >= 0.6 is 22.6 Å². The van der Waals surface area contributed by atoms with E-state index in [0.717, 1.165) is 4.68 Å². The van der Waals surface area contributed by atoms with Gasteiger partial charge in [0, 0.05) is 6.20 Å². The van der Waals surface area contributed by atoms with Crippen molar-refractivity contribution >= 4 is 28.4 Å². The smallest absolute Gasteiger partial charge is 0.257 e. The summed E-state index contributed by atoms with van der Waals surface area (Å²) >= 11 is 1.94. The fourth-order valence-corrected chi connectivity index (χ4v) is 1.08. The van der Waals surface area contributed by atoms with Gasteiger partial charge in [-0.15, -0.1) is 0 Å². The number of nitrogens with zero attached hydrogens (tertiary/aromatic N) is 2. The molecule has 1 aromatic heterocycles. The number of nitrogen functional groups attached to an aromatic ring is 1. The summed E-state index contributed by atoms with van der Waals surface area (Å²) < 4.78 is 25.4. The summed E-state index contributed by atoms with van der Waals surface area (Å²) in [6, 6.07) is 0. The number of halogens is 3. The molecule has 1 aromatic rings. The van der Waals surface area contributed by atoms with Crippen LogP contribution < -0.4 is 5.73 Å². The van der Waals surface area contributed by atoms with E-state index < -0.39 is 13.0 Å². The summed E-state index contributed by atoms with van der Waals surface area (Å²) in [5.41, 5.74) is 5.33. The van der Waals surface area contributed by atoms with Gasteiger partial charge in [0.15, 0.2) is 5.82 Å². The molecule has 0 atom stereocenters. The highest BCUT2D eigenvalue weighted by atomic mass is 127. The third-order valence-electron chi connectivity index (χ3n) is 1.07. The molecule has 0 aliphatic heterocycles. The van der Waals surface area contributed by atoms with Crippen LogP contribution in [0.2, 0.25) is 0 Å². The van der Waals surface area contributed by atoms with Crippen molar-refractivity contribution in [1.29, 1.82) is 0 Å². The lowest BCUT2D eigenvalue weighted by molar-refractivity contribution is 0.122. The molecule has 3 nitrogen and oxygen atoms in total. The first-order chi connectivity index (χ1) is 5.09. The minimum atomic E-state index is -2.38. The maximum atomic E-state index is 11.8. The van der Waals surface area contributed by atoms with Gasteiger partial charge >= 0.3 is 0 Å². The Labute approximate surface area is 75.7 Å². The van der Waals surface area contributed by atoms with Gasteiger partial charge in [0.1, 0.15) is 6.54 Å². The van der Waals surface area contributed by atoms with Crippen molar-refractivity contribution in [2.75, 3.05) is 5.73 Å². The first-order valence-electron chi connectivity index (χ1n) is 2.86. The second kappa shape index (κ2) is 3.33. The molecule has 0 aliphatic carbocycles. The minimum Gasteiger partial charge on any atom is -0.381 e. The van der Waals surface area contributed by atoms with E-state index in [0.29, 0.717) is 9.39 Å². The highest BCUT2D eigenvalue weighted by molar-refractivity contribution is 14.1. The Morgan fingerprint density at radius 3 is 2.73 bits per heavy atom. The van der Waals surface area contributed by atoms with Crippen molar-refractivity contribution in [1.82, 2.24) is 9.78 Å². The van der Waals surface area contributed by atoms with Crippen LogP contribution in [-0.4, -0.2) is 16.2 Å². The molecule has 1 rings (SSSR count). The van der Waals surface area contributed by atoms with Gasteiger partial charge in [-0.3, -0.25) is 4.68 Å². The van der Waals surface area contributed by atoms with Crippen molar-refractivity contribution in [2.24, 2.45) is 0 Å². The van der Waals surface area contributed by atoms with E-state index in [1.807, 2.05) is 22.6 Å². The number of rotatable bonds is 2. The summed E-state index contributed by atoms with van der Waals surface area (Å²) in [5, 5.41) is 3.66. The molecule has 0 fully saturated rings. The summed E-state index contributed by atoms with van der Waals surface area (Å²) in [4.78, 5) is 0. The summed E-state index contributed by atoms with van der Waals surface area (Å²) in [6.07, 6.45) is -0.896. The van der Waals surface area contributed by atoms with Crippen LogP contribution in [0.25, 0.3) is 0 Å². The van der Waals surface area contributed by atoms with Crippen molar-refractivity contribution in [3.8, 4) is 0 Å². The summed E-state index contributed by atoms with van der Waals surface area (Å²) in [7, 11) is 0. The van der Waals surface area contributed by atoms with Gasteiger partial charge in [-0.1, -0.05) is 0 Å². The average molecular weight is 273 g/mol. The predicted octanol–water partition coefficient (Wildman–Crippen LogP) is 1.33. The Morgan fingerprint density at radius 2 is 2.36 bits per heavy atom. The van der Waals surface area contributed by atoms with Crippen LogP contribution in [0.15, 0.2) is 6.20 Å². The van der Waals surface area contributed by atoms with E-state index in [-0.39, 0.29) is 0 Å². The largest absolute Gasteiger partial charge is 0.381 e. The fourth-order valence-electron chi connectivity index (χ4n) is 0.647. The van der Waals surface area contributed by atoms with Crippen LogP contribution in [-0.2, 0) is 6.54 Å². The van der Waals surface area contributed by atoms with E-state index in [1.54, 1.807) is 0 Å². The zero-order chi connectivity index (χ0) is 8.43. The van der Waals surface area contributed by atoms with Crippen molar-refractivity contribution in [3.63, 3.8) is 0 Å². The quantitative estimate of drug-likeness (QED) is 0.826. The fraction of sp³-hybridized carbons (Fsp3) is 0.400. The Morgan fingerprint density at radius 1 is 1.73 bits per heavy atom. The van der Waals surface area contributed by atoms with Gasteiger partial charge in [-0.05, 0) is 22.6 Å². The Kier molecular flexibility index (Phi) is 2.63. The van der Waals surface area contributed by atoms with Crippen molar-refractivity contribution < 1.29 is 8.78 Å². The number of aromatic nitrogens is 2. The highest BCUT2D eigenvalue weighted by Crippen LogP contribution is 2.12. The van der Waals surface area contributed by atoms with Gasteiger partial charge in [0.2, 0.25) is 0 Å². The van der Waals surface area contributed by atoms with Crippen LogP contribution in [0.4, 0.5) is 14.6 Å². The van der Waals surface area contributed by atoms with Crippen LogP contribution in [0.3, 0.4) is 0 Å². The van der Waals surface area contributed by atoms with Gasteiger partial charge < -0.3 is 5.73 Å². The molecule has 0 saturated carbocycles. The standard InChI is InChI=1S/C5H6F2IN3/c6-4(7)2-11-1-3(8)5(9)10-11/h1,4H,2H2,(H2,9,10). The lowest BCUT2D eigenvalue weighted by atomic mass is 10.6. The molecule has 0 aromatic carbocycles. The van der Waals surface area contributed by atoms with Crippen molar-refractivity contribution in [2.45, 2.75) is 13.0 Å². The van der Waals surface area contributed by atoms with Crippen molar-refractivity contribution in [3.05, 3.63) is 9.77 Å². The van der Waals surface area contributed by atoms with Gasteiger partial charge in [0.05, 0.1) is 3.57 Å². The van der Waals surface area contributed by atoms with Crippen LogP contribution in [0, 0.1) is 3.57 Å². The SMILES string of the molecule is Nc1nn(CC(F)F)cc1I. The lowest BCUT2D eigenvalue weighted by Crippen LogP contribution is -2.07. The summed E-state index contributed by atoms with van der Waals surface area (Å²) in [5.74, 6) is 0.297. The molecule has 0 radical (unpaired) electrons. The molecule has 0 spiro atoms. The van der Waals surface area contributed by atoms with E-state index in [1.165, 1.54) is 6.20 Å². The number of hydrogen-bond donors (Lipinski definition) is 1. The highest BCUT2D eigenvalue weighted by Gasteiger charge is 2.07. The second-order valence-corrected chi connectivity index (χ2v) is 3.14. The first kappa shape index (κ1) is 8.69. The van der Waals surface area contributed by atoms with E-state index in [4.69, 9.17) is 5.73 Å². The molecule has 0 aliphatic rings. The maximum Gasteiger partial charge on any atom is 0.257 e. The molecule has 6 heteroatoms. The lowest BCUT2D eigenvalue weighted by Gasteiger charge is -1.96. The second-order valence-electron chi connectivity index (χ2n) is 1.98. The summed E-state index contributed by atoms with van der Waals surface area (Å²) in [6.45, 7) is -0.396. The molecule has 1 heterocycles.